The Balaban J connectivity index is 2.42. The fourth-order valence-electron chi connectivity index (χ4n) is 1.34. The first kappa shape index (κ1) is 12.7. The normalized spacial score (nSPS) is 15.2. The molecule has 2 atom stereocenters. The van der Waals surface area contributed by atoms with Crippen molar-refractivity contribution >= 4 is 11.8 Å². The smallest absolute Gasteiger partial charge is 0.120 e. The van der Waals surface area contributed by atoms with Gasteiger partial charge in [0.25, 0.3) is 0 Å². The molecule has 1 aromatic heterocycles. The van der Waals surface area contributed by atoms with E-state index in [0.717, 1.165) is 24.5 Å². The quantitative estimate of drug-likeness (QED) is 0.807. The van der Waals surface area contributed by atoms with Crippen LogP contribution in [0.3, 0.4) is 0 Å². The van der Waals surface area contributed by atoms with Crippen molar-refractivity contribution < 1.29 is 4.42 Å². The first-order valence-corrected chi connectivity index (χ1v) is 6.81. The molecule has 0 amide bonds. The van der Waals surface area contributed by atoms with E-state index >= 15 is 0 Å². The van der Waals surface area contributed by atoms with Crippen LogP contribution in [0.4, 0.5) is 0 Å². The van der Waals surface area contributed by atoms with Crippen molar-refractivity contribution in [3.63, 3.8) is 0 Å². The van der Waals surface area contributed by atoms with Crippen molar-refractivity contribution in [1.29, 1.82) is 0 Å². The average molecular weight is 227 g/mol. The summed E-state index contributed by atoms with van der Waals surface area (Å²) in [6, 6.07) is 4.44. The number of hydrogen-bond donors (Lipinski definition) is 1. The molecule has 0 aliphatic rings. The summed E-state index contributed by atoms with van der Waals surface area (Å²) in [7, 11) is 0. The maximum atomic E-state index is 5.69. The second-order valence-electron chi connectivity index (χ2n) is 3.83. The monoisotopic (exact) mass is 227 g/mol. The molecule has 1 aromatic rings. The minimum atomic E-state index is 0.305. The van der Waals surface area contributed by atoms with Crippen LogP contribution in [0.1, 0.15) is 38.3 Å². The van der Waals surface area contributed by atoms with E-state index in [1.165, 1.54) is 0 Å². The number of thioether (sulfide) groups is 1. The summed E-state index contributed by atoms with van der Waals surface area (Å²) in [6.45, 7) is 7.50. The third-order valence-corrected chi connectivity index (χ3v) is 3.54. The molecule has 1 rings (SSSR count). The summed E-state index contributed by atoms with van der Waals surface area (Å²) < 4.78 is 5.69. The molecule has 2 nitrogen and oxygen atoms in total. The van der Waals surface area contributed by atoms with Crippen LogP contribution < -0.4 is 5.32 Å². The molecular weight excluding hydrogens is 206 g/mol. The fourth-order valence-corrected chi connectivity index (χ4v) is 1.61. The Kier molecular flexibility index (Phi) is 5.26. The molecule has 0 spiro atoms. The summed E-state index contributed by atoms with van der Waals surface area (Å²) in [4.78, 5) is 0. The Hall–Kier alpha value is -0.410. The summed E-state index contributed by atoms with van der Waals surface area (Å²) in [5.74, 6) is 2.11. The molecule has 1 N–H and O–H groups in total. The topological polar surface area (TPSA) is 25.2 Å². The minimum absolute atomic E-state index is 0.305. The van der Waals surface area contributed by atoms with Crippen LogP contribution in [-0.2, 0) is 6.42 Å². The second kappa shape index (κ2) is 6.23. The lowest BCUT2D eigenvalue weighted by Gasteiger charge is -2.14. The Morgan fingerprint density at radius 3 is 2.67 bits per heavy atom. The van der Waals surface area contributed by atoms with Crippen LogP contribution in [0.15, 0.2) is 16.5 Å². The van der Waals surface area contributed by atoms with Crippen LogP contribution in [-0.4, -0.2) is 18.1 Å². The Morgan fingerprint density at radius 1 is 1.40 bits per heavy atom. The van der Waals surface area contributed by atoms with E-state index in [0.29, 0.717) is 11.3 Å². The van der Waals surface area contributed by atoms with Crippen molar-refractivity contribution in [1.82, 2.24) is 5.32 Å². The van der Waals surface area contributed by atoms with Gasteiger partial charge in [-0.3, -0.25) is 0 Å². The molecule has 3 heteroatoms. The number of rotatable bonds is 6. The van der Waals surface area contributed by atoms with Gasteiger partial charge in [-0.1, -0.05) is 13.8 Å². The van der Waals surface area contributed by atoms with Gasteiger partial charge in [0, 0.05) is 18.2 Å². The van der Waals surface area contributed by atoms with Gasteiger partial charge < -0.3 is 9.73 Å². The first-order chi connectivity index (χ1) is 7.17. The van der Waals surface area contributed by atoms with Gasteiger partial charge in [0.15, 0.2) is 0 Å². The zero-order valence-electron chi connectivity index (χ0n) is 10.0. The maximum Gasteiger partial charge on any atom is 0.120 e. The molecule has 1 heterocycles. The van der Waals surface area contributed by atoms with E-state index in [1.807, 2.05) is 11.8 Å². The predicted octanol–water partition coefficient (Wildman–Crippen LogP) is 3.24. The summed E-state index contributed by atoms with van der Waals surface area (Å²) in [6.07, 6.45) is 3.10. The summed E-state index contributed by atoms with van der Waals surface area (Å²) in [5, 5.41) is 4.12. The van der Waals surface area contributed by atoms with E-state index in [1.54, 1.807) is 0 Å². The molecular formula is C12H21NOS. The SMILES string of the molecule is CCc1ccc(C(C)NCC(C)SC)o1. The van der Waals surface area contributed by atoms with Gasteiger partial charge in [-0.25, -0.2) is 0 Å². The third-order valence-electron chi connectivity index (χ3n) is 2.57. The van der Waals surface area contributed by atoms with Gasteiger partial charge in [-0.2, -0.15) is 11.8 Å². The zero-order valence-corrected chi connectivity index (χ0v) is 10.9. The Labute approximate surface area is 96.8 Å². The van der Waals surface area contributed by atoms with E-state index in [2.05, 4.69) is 44.5 Å². The highest BCUT2D eigenvalue weighted by Gasteiger charge is 2.10. The van der Waals surface area contributed by atoms with Gasteiger partial charge in [0.1, 0.15) is 11.5 Å². The van der Waals surface area contributed by atoms with Gasteiger partial charge in [-0.15, -0.1) is 0 Å². The van der Waals surface area contributed by atoms with Crippen LogP contribution >= 0.6 is 11.8 Å². The lowest BCUT2D eigenvalue weighted by atomic mass is 10.2. The van der Waals surface area contributed by atoms with E-state index in [4.69, 9.17) is 4.42 Å². The van der Waals surface area contributed by atoms with Crippen LogP contribution in [0, 0.1) is 0 Å². The number of furan rings is 1. The number of nitrogens with one attached hydrogen (secondary N) is 1. The molecule has 0 fully saturated rings. The van der Waals surface area contributed by atoms with E-state index in [9.17, 15) is 0 Å². The molecule has 0 bridgehead atoms. The van der Waals surface area contributed by atoms with Crippen molar-refractivity contribution in [3.8, 4) is 0 Å². The van der Waals surface area contributed by atoms with Crippen molar-refractivity contribution in [2.24, 2.45) is 0 Å². The fraction of sp³-hybridized carbons (Fsp3) is 0.667. The maximum absolute atomic E-state index is 5.69. The second-order valence-corrected chi connectivity index (χ2v) is 5.11. The molecule has 2 unspecified atom stereocenters. The summed E-state index contributed by atoms with van der Waals surface area (Å²) in [5.41, 5.74) is 0. The third kappa shape index (κ3) is 3.92. The minimum Gasteiger partial charge on any atom is -0.464 e. The molecule has 0 aliphatic carbocycles. The van der Waals surface area contributed by atoms with Gasteiger partial charge >= 0.3 is 0 Å². The van der Waals surface area contributed by atoms with Crippen molar-refractivity contribution in [3.05, 3.63) is 23.7 Å². The number of aryl methyl sites for hydroxylation is 1. The molecule has 86 valence electrons. The van der Waals surface area contributed by atoms with Crippen molar-refractivity contribution in [2.45, 2.75) is 38.5 Å². The Morgan fingerprint density at radius 2 is 2.13 bits per heavy atom. The summed E-state index contributed by atoms with van der Waals surface area (Å²) >= 11 is 1.88. The van der Waals surface area contributed by atoms with Gasteiger partial charge in [0.2, 0.25) is 0 Å². The lowest BCUT2D eigenvalue weighted by Crippen LogP contribution is -2.25. The molecule has 0 saturated carbocycles. The molecule has 0 aromatic carbocycles. The molecule has 0 radical (unpaired) electrons. The van der Waals surface area contributed by atoms with Crippen LogP contribution in [0.5, 0.6) is 0 Å². The molecule has 0 aliphatic heterocycles. The highest BCUT2D eigenvalue weighted by molar-refractivity contribution is 7.99. The molecule has 15 heavy (non-hydrogen) atoms. The van der Waals surface area contributed by atoms with E-state index < -0.39 is 0 Å². The standard InChI is InChI=1S/C12H21NOS/c1-5-11-6-7-12(14-11)10(3)13-8-9(2)15-4/h6-7,9-10,13H,5,8H2,1-4H3. The van der Waals surface area contributed by atoms with Gasteiger partial charge in [-0.05, 0) is 25.3 Å². The Bertz CT molecular complexity index is 285. The molecule has 0 saturated heterocycles. The zero-order chi connectivity index (χ0) is 11.3. The van der Waals surface area contributed by atoms with E-state index in [-0.39, 0.29) is 0 Å². The van der Waals surface area contributed by atoms with Crippen molar-refractivity contribution in [2.75, 3.05) is 12.8 Å². The highest BCUT2D eigenvalue weighted by atomic mass is 32.2. The van der Waals surface area contributed by atoms with Gasteiger partial charge in [0.05, 0.1) is 6.04 Å². The first-order valence-electron chi connectivity index (χ1n) is 5.52. The van der Waals surface area contributed by atoms with Crippen LogP contribution in [0.25, 0.3) is 0 Å². The average Bonchev–Trinajstić information content (AvgIpc) is 2.73. The van der Waals surface area contributed by atoms with Crippen LogP contribution in [0.2, 0.25) is 0 Å². The highest BCUT2D eigenvalue weighted by Crippen LogP contribution is 2.17. The number of hydrogen-bond acceptors (Lipinski definition) is 3. The largest absolute Gasteiger partial charge is 0.464 e. The predicted molar refractivity (Wildman–Crippen MR) is 67.5 cm³/mol. The lowest BCUT2D eigenvalue weighted by molar-refractivity contribution is 0.410.